The van der Waals surface area contributed by atoms with E-state index >= 15 is 0 Å². The molecule has 9 heteroatoms. The fourth-order valence-electron chi connectivity index (χ4n) is 3.11. The molecule has 0 amide bonds. The van der Waals surface area contributed by atoms with Crippen LogP contribution in [0.25, 0.3) is 0 Å². The van der Waals surface area contributed by atoms with E-state index in [4.69, 9.17) is 11.6 Å². The Kier molecular flexibility index (Phi) is 5.21. The molecule has 0 aliphatic carbocycles. The smallest absolute Gasteiger partial charge is 0.387 e. The van der Waals surface area contributed by atoms with Crippen LogP contribution in [0.5, 0.6) is 5.75 Å². The molecule has 144 valence electrons. The number of nitrogens with zero attached hydrogens (tertiary/aromatic N) is 4. The van der Waals surface area contributed by atoms with E-state index in [9.17, 15) is 8.78 Å². The van der Waals surface area contributed by atoms with Crippen molar-refractivity contribution in [2.75, 3.05) is 16.8 Å². The summed E-state index contributed by atoms with van der Waals surface area (Å²) in [6.07, 6.45) is 3.93. The van der Waals surface area contributed by atoms with Crippen LogP contribution in [0.2, 0.25) is 5.02 Å². The van der Waals surface area contributed by atoms with E-state index in [0.717, 1.165) is 35.7 Å². The number of fused-ring (bicyclic) bond motifs is 1. The van der Waals surface area contributed by atoms with Gasteiger partial charge in [-0.05, 0) is 42.8 Å². The van der Waals surface area contributed by atoms with Gasteiger partial charge in [-0.1, -0.05) is 11.6 Å². The number of halogens is 3. The molecule has 0 saturated carbocycles. The van der Waals surface area contributed by atoms with Crippen molar-refractivity contribution >= 4 is 28.9 Å². The molecule has 4 rings (SSSR count). The Bertz CT molecular complexity index is 971. The van der Waals surface area contributed by atoms with Crippen molar-refractivity contribution in [2.45, 2.75) is 19.6 Å². The molecule has 1 aliphatic heterocycles. The van der Waals surface area contributed by atoms with E-state index < -0.39 is 6.61 Å². The quantitative estimate of drug-likeness (QED) is 0.679. The van der Waals surface area contributed by atoms with Gasteiger partial charge in [-0.15, -0.1) is 0 Å². The summed E-state index contributed by atoms with van der Waals surface area (Å²) < 4.78 is 28.9. The van der Waals surface area contributed by atoms with Gasteiger partial charge in [-0.25, -0.2) is 15.0 Å². The standard InChI is InChI=1S/C19H16ClF2N5O/c20-15-2-1-8-23-18(15)27-9-7-14-16(10-27)24-11-25-17(14)26-12-3-5-13(6-4-12)28-19(21)22/h1-6,8,11,19H,7,9-10H2,(H,24,25,26). The zero-order chi connectivity index (χ0) is 19.5. The van der Waals surface area contributed by atoms with Gasteiger partial charge in [0, 0.05) is 24.0 Å². The molecule has 1 aromatic carbocycles. The van der Waals surface area contributed by atoms with Crippen LogP contribution in [-0.2, 0) is 13.0 Å². The largest absolute Gasteiger partial charge is 0.435 e. The van der Waals surface area contributed by atoms with Gasteiger partial charge in [-0.2, -0.15) is 8.78 Å². The van der Waals surface area contributed by atoms with E-state index in [1.165, 1.54) is 18.5 Å². The number of hydrogen-bond donors (Lipinski definition) is 1. The Labute approximate surface area is 165 Å². The molecular formula is C19H16ClF2N5O. The summed E-state index contributed by atoms with van der Waals surface area (Å²) in [5.41, 5.74) is 2.62. The maximum atomic E-state index is 12.3. The number of alkyl halides is 2. The van der Waals surface area contributed by atoms with E-state index in [2.05, 4.69) is 29.9 Å². The summed E-state index contributed by atoms with van der Waals surface area (Å²) in [6.45, 7) is -1.54. The first-order chi connectivity index (χ1) is 13.6. The minimum atomic E-state index is -2.84. The van der Waals surface area contributed by atoms with E-state index in [1.54, 1.807) is 24.4 Å². The highest BCUT2D eigenvalue weighted by atomic mass is 35.5. The van der Waals surface area contributed by atoms with Gasteiger partial charge in [0.2, 0.25) is 0 Å². The number of rotatable bonds is 5. The Morgan fingerprint density at radius 2 is 1.93 bits per heavy atom. The van der Waals surface area contributed by atoms with Gasteiger partial charge >= 0.3 is 6.61 Å². The van der Waals surface area contributed by atoms with Gasteiger partial charge in [0.15, 0.2) is 0 Å². The highest BCUT2D eigenvalue weighted by Gasteiger charge is 2.23. The number of hydrogen-bond acceptors (Lipinski definition) is 6. The lowest BCUT2D eigenvalue weighted by atomic mass is 10.1. The molecule has 1 N–H and O–H groups in total. The average molecular weight is 404 g/mol. The lowest BCUT2D eigenvalue weighted by Gasteiger charge is -2.30. The Hall–Kier alpha value is -3.00. The van der Waals surface area contributed by atoms with Crippen LogP contribution >= 0.6 is 11.6 Å². The van der Waals surface area contributed by atoms with Gasteiger partial charge in [0.25, 0.3) is 0 Å². The molecule has 0 bridgehead atoms. The van der Waals surface area contributed by atoms with Gasteiger partial charge < -0.3 is 15.0 Å². The minimum Gasteiger partial charge on any atom is -0.435 e. The van der Waals surface area contributed by atoms with E-state index in [0.29, 0.717) is 17.4 Å². The molecule has 1 aliphatic rings. The Morgan fingerprint density at radius 1 is 1.11 bits per heavy atom. The van der Waals surface area contributed by atoms with Gasteiger partial charge in [0.05, 0.1) is 17.3 Å². The van der Waals surface area contributed by atoms with Crippen molar-refractivity contribution in [3.8, 4) is 5.75 Å². The molecular weight excluding hydrogens is 388 g/mol. The molecule has 0 fully saturated rings. The number of nitrogens with one attached hydrogen (secondary N) is 1. The van der Waals surface area contributed by atoms with E-state index in [1.807, 2.05) is 6.07 Å². The second-order valence-corrected chi connectivity index (χ2v) is 6.56. The number of ether oxygens (including phenoxy) is 1. The average Bonchev–Trinajstić information content (AvgIpc) is 2.69. The van der Waals surface area contributed by atoms with Gasteiger partial charge in [-0.3, -0.25) is 0 Å². The Balaban J connectivity index is 1.52. The molecule has 0 unspecified atom stereocenters. The molecule has 28 heavy (non-hydrogen) atoms. The number of aromatic nitrogens is 3. The van der Waals surface area contributed by atoms with Crippen LogP contribution in [0.3, 0.4) is 0 Å². The number of benzene rings is 1. The zero-order valence-corrected chi connectivity index (χ0v) is 15.4. The summed E-state index contributed by atoms with van der Waals surface area (Å²) in [4.78, 5) is 15.2. The molecule has 0 spiro atoms. The highest BCUT2D eigenvalue weighted by molar-refractivity contribution is 6.32. The normalized spacial score (nSPS) is 13.4. The monoisotopic (exact) mass is 403 g/mol. The van der Waals surface area contributed by atoms with Crippen molar-refractivity contribution in [1.29, 1.82) is 0 Å². The SMILES string of the molecule is FC(F)Oc1ccc(Nc2ncnc3c2CCN(c2ncccc2Cl)C3)cc1. The minimum absolute atomic E-state index is 0.105. The van der Waals surface area contributed by atoms with Crippen molar-refractivity contribution in [3.63, 3.8) is 0 Å². The second-order valence-electron chi connectivity index (χ2n) is 6.16. The first-order valence-corrected chi connectivity index (χ1v) is 8.98. The van der Waals surface area contributed by atoms with Crippen LogP contribution in [0.15, 0.2) is 48.9 Å². The topological polar surface area (TPSA) is 63.2 Å². The fourth-order valence-corrected chi connectivity index (χ4v) is 3.35. The van der Waals surface area contributed by atoms with Crippen LogP contribution in [0.4, 0.5) is 26.1 Å². The maximum absolute atomic E-state index is 12.3. The summed E-state index contributed by atoms with van der Waals surface area (Å²) in [5, 5.41) is 3.83. The van der Waals surface area contributed by atoms with Crippen LogP contribution in [0, 0.1) is 0 Å². The highest BCUT2D eigenvalue weighted by Crippen LogP contribution is 2.30. The third-order valence-electron chi connectivity index (χ3n) is 4.39. The third kappa shape index (κ3) is 3.96. The first-order valence-electron chi connectivity index (χ1n) is 8.60. The zero-order valence-electron chi connectivity index (χ0n) is 14.6. The first kappa shape index (κ1) is 18.4. The fraction of sp³-hybridized carbons (Fsp3) is 0.211. The predicted molar refractivity (Wildman–Crippen MR) is 102 cm³/mol. The molecule has 0 saturated heterocycles. The molecule has 2 aromatic heterocycles. The summed E-state index contributed by atoms with van der Waals surface area (Å²) >= 11 is 6.26. The molecule has 3 heterocycles. The summed E-state index contributed by atoms with van der Waals surface area (Å²) in [6, 6.07) is 9.89. The molecule has 3 aromatic rings. The number of pyridine rings is 1. The third-order valence-corrected chi connectivity index (χ3v) is 4.68. The lowest BCUT2D eigenvalue weighted by Crippen LogP contribution is -2.32. The van der Waals surface area contributed by atoms with E-state index in [-0.39, 0.29) is 5.75 Å². The van der Waals surface area contributed by atoms with Crippen molar-refractivity contribution in [2.24, 2.45) is 0 Å². The van der Waals surface area contributed by atoms with Crippen molar-refractivity contribution in [1.82, 2.24) is 15.0 Å². The van der Waals surface area contributed by atoms with Crippen molar-refractivity contribution in [3.05, 3.63) is 65.2 Å². The lowest BCUT2D eigenvalue weighted by molar-refractivity contribution is -0.0498. The second kappa shape index (κ2) is 7.93. The number of anilines is 3. The summed E-state index contributed by atoms with van der Waals surface area (Å²) in [7, 11) is 0. The van der Waals surface area contributed by atoms with Crippen LogP contribution in [-0.4, -0.2) is 28.1 Å². The van der Waals surface area contributed by atoms with Crippen LogP contribution < -0.4 is 15.0 Å². The maximum Gasteiger partial charge on any atom is 0.387 e. The predicted octanol–water partition coefficient (Wildman–Crippen LogP) is 4.43. The molecule has 0 radical (unpaired) electrons. The van der Waals surface area contributed by atoms with Gasteiger partial charge in [0.1, 0.15) is 23.7 Å². The van der Waals surface area contributed by atoms with Crippen molar-refractivity contribution < 1.29 is 13.5 Å². The molecule has 0 atom stereocenters. The Morgan fingerprint density at radius 3 is 2.68 bits per heavy atom. The summed E-state index contributed by atoms with van der Waals surface area (Å²) in [5.74, 6) is 1.53. The molecule has 6 nitrogen and oxygen atoms in total. The van der Waals surface area contributed by atoms with Crippen LogP contribution in [0.1, 0.15) is 11.3 Å².